The summed E-state index contributed by atoms with van der Waals surface area (Å²) >= 11 is 0. The molecule has 0 atom stereocenters. The van der Waals surface area contributed by atoms with Gasteiger partial charge in [-0.25, -0.2) is 22.3 Å². The van der Waals surface area contributed by atoms with Gasteiger partial charge in [-0.3, -0.25) is 0 Å². The molecule has 1 saturated carbocycles. The summed E-state index contributed by atoms with van der Waals surface area (Å²) in [5.41, 5.74) is -1.16. The van der Waals surface area contributed by atoms with E-state index in [1.807, 2.05) is 0 Å². The molecule has 1 aliphatic carbocycles. The average molecular weight is 279 g/mol. The Bertz CT molecular complexity index is 441. The molecule has 2 amide bonds. The van der Waals surface area contributed by atoms with E-state index in [2.05, 4.69) is 10.6 Å². The molecule has 0 aliphatic heterocycles. The van der Waals surface area contributed by atoms with Crippen molar-refractivity contribution in [1.29, 1.82) is 0 Å². The van der Waals surface area contributed by atoms with E-state index < -0.39 is 27.6 Å². The minimum atomic E-state index is -3.36. The number of nitrogens with one attached hydrogen (secondary N) is 2. The van der Waals surface area contributed by atoms with E-state index in [1.165, 1.54) is 14.1 Å². The highest BCUT2D eigenvalue weighted by molar-refractivity contribution is 7.89. The number of nitrogens with zero attached hydrogens (tertiary/aromatic N) is 1. The smallest absolute Gasteiger partial charge is 0.329 e. The zero-order valence-electron chi connectivity index (χ0n) is 10.3. The summed E-state index contributed by atoms with van der Waals surface area (Å²) in [6, 6.07) is -0.663. The molecule has 1 fully saturated rings. The molecule has 104 valence electrons. The van der Waals surface area contributed by atoms with Gasteiger partial charge < -0.3 is 15.7 Å². The summed E-state index contributed by atoms with van der Waals surface area (Å²) in [6.45, 7) is -0.0674. The second-order valence-electron chi connectivity index (χ2n) is 4.37. The summed E-state index contributed by atoms with van der Waals surface area (Å²) in [7, 11) is -0.560. The zero-order valence-corrected chi connectivity index (χ0v) is 11.1. The fourth-order valence-corrected chi connectivity index (χ4v) is 1.98. The lowest BCUT2D eigenvalue weighted by Gasteiger charge is -2.14. The summed E-state index contributed by atoms with van der Waals surface area (Å²) < 4.78 is 23.8. The summed E-state index contributed by atoms with van der Waals surface area (Å²) in [5, 5.41) is 13.5. The number of hydrogen-bond acceptors (Lipinski definition) is 4. The van der Waals surface area contributed by atoms with Crippen LogP contribution in [0.5, 0.6) is 0 Å². The molecular formula is C9H17N3O5S. The van der Waals surface area contributed by atoms with Gasteiger partial charge in [0.05, 0.1) is 5.75 Å². The predicted octanol–water partition coefficient (Wildman–Crippen LogP) is -1.21. The molecule has 1 aliphatic rings. The van der Waals surface area contributed by atoms with Gasteiger partial charge in [-0.2, -0.15) is 0 Å². The highest BCUT2D eigenvalue weighted by Crippen LogP contribution is 2.35. The van der Waals surface area contributed by atoms with Gasteiger partial charge in [-0.1, -0.05) is 0 Å². The normalized spacial score (nSPS) is 17.3. The topological polar surface area (TPSA) is 116 Å². The van der Waals surface area contributed by atoms with Crippen molar-refractivity contribution in [3.63, 3.8) is 0 Å². The molecule has 0 aromatic rings. The Morgan fingerprint density at radius 2 is 1.89 bits per heavy atom. The van der Waals surface area contributed by atoms with Crippen molar-refractivity contribution < 1.29 is 23.1 Å². The van der Waals surface area contributed by atoms with Gasteiger partial charge in [0.15, 0.2) is 0 Å². The maximum atomic E-state index is 11.4. The molecule has 0 spiro atoms. The van der Waals surface area contributed by atoms with Crippen LogP contribution in [-0.2, 0) is 14.8 Å². The number of hydrogen-bond donors (Lipinski definition) is 3. The summed E-state index contributed by atoms with van der Waals surface area (Å²) in [5.74, 6) is -1.30. The van der Waals surface area contributed by atoms with Crippen molar-refractivity contribution >= 4 is 22.0 Å². The number of carboxylic acids is 1. The maximum Gasteiger partial charge on any atom is 0.329 e. The number of amides is 2. The fraction of sp³-hybridized carbons (Fsp3) is 0.778. The molecule has 0 bridgehead atoms. The van der Waals surface area contributed by atoms with E-state index in [0.29, 0.717) is 12.8 Å². The van der Waals surface area contributed by atoms with Crippen molar-refractivity contribution in [3.05, 3.63) is 0 Å². The standard InChI is InChI=1S/C9H17N3O5S/c1-12(2)18(16,17)6-5-10-8(15)11-9(3-4-9)7(13)14/h3-6H2,1-2H3,(H,13,14)(H2,10,11,15). The Hall–Kier alpha value is -1.35. The minimum absolute atomic E-state index is 0.0674. The first-order valence-corrected chi connectivity index (χ1v) is 7.00. The molecule has 0 radical (unpaired) electrons. The Balaban J connectivity index is 2.33. The van der Waals surface area contributed by atoms with Gasteiger partial charge in [0.2, 0.25) is 10.0 Å². The minimum Gasteiger partial charge on any atom is -0.480 e. The van der Waals surface area contributed by atoms with Crippen LogP contribution < -0.4 is 10.6 Å². The van der Waals surface area contributed by atoms with Gasteiger partial charge in [-0.05, 0) is 12.8 Å². The third-order valence-electron chi connectivity index (χ3n) is 2.71. The Kier molecular flexibility index (Phi) is 4.17. The largest absolute Gasteiger partial charge is 0.480 e. The van der Waals surface area contributed by atoms with Crippen molar-refractivity contribution in [2.45, 2.75) is 18.4 Å². The van der Waals surface area contributed by atoms with Gasteiger partial charge in [-0.15, -0.1) is 0 Å². The van der Waals surface area contributed by atoms with Gasteiger partial charge in [0.25, 0.3) is 0 Å². The molecule has 0 heterocycles. The van der Waals surface area contributed by atoms with E-state index in [1.54, 1.807) is 0 Å². The third kappa shape index (κ3) is 3.57. The molecule has 8 nitrogen and oxygen atoms in total. The van der Waals surface area contributed by atoms with Crippen LogP contribution in [0.2, 0.25) is 0 Å². The Morgan fingerprint density at radius 3 is 2.28 bits per heavy atom. The van der Waals surface area contributed by atoms with E-state index >= 15 is 0 Å². The highest BCUT2D eigenvalue weighted by Gasteiger charge is 2.51. The van der Waals surface area contributed by atoms with Crippen LogP contribution in [0.1, 0.15) is 12.8 Å². The van der Waals surface area contributed by atoms with Gasteiger partial charge >= 0.3 is 12.0 Å². The van der Waals surface area contributed by atoms with Crippen LogP contribution in [0.4, 0.5) is 4.79 Å². The molecule has 3 N–H and O–H groups in total. The van der Waals surface area contributed by atoms with Crippen LogP contribution >= 0.6 is 0 Å². The van der Waals surface area contributed by atoms with Crippen LogP contribution in [0.15, 0.2) is 0 Å². The number of aliphatic carboxylic acids is 1. The number of sulfonamides is 1. The number of rotatable bonds is 6. The molecule has 1 rings (SSSR count). The highest BCUT2D eigenvalue weighted by atomic mass is 32.2. The van der Waals surface area contributed by atoms with E-state index in [4.69, 9.17) is 5.11 Å². The fourth-order valence-electron chi connectivity index (χ4n) is 1.25. The van der Waals surface area contributed by atoms with Gasteiger partial charge in [0.1, 0.15) is 5.54 Å². The number of urea groups is 1. The van der Waals surface area contributed by atoms with Crippen molar-refractivity contribution in [1.82, 2.24) is 14.9 Å². The van der Waals surface area contributed by atoms with Crippen LogP contribution in [0.25, 0.3) is 0 Å². The summed E-state index contributed by atoms with van der Waals surface area (Å²) in [4.78, 5) is 22.2. The molecule has 0 saturated heterocycles. The number of carboxylic acid groups (broad SMARTS) is 1. The second kappa shape index (κ2) is 5.11. The summed E-state index contributed by atoms with van der Waals surface area (Å²) in [6.07, 6.45) is 0.789. The Labute approximate surface area is 105 Å². The van der Waals surface area contributed by atoms with Crippen molar-refractivity contribution in [2.75, 3.05) is 26.4 Å². The number of carbonyl (C=O) groups excluding carboxylic acids is 1. The maximum absolute atomic E-state index is 11.4. The molecule has 0 aromatic carbocycles. The van der Waals surface area contributed by atoms with Gasteiger partial charge in [0, 0.05) is 20.6 Å². The van der Waals surface area contributed by atoms with Crippen LogP contribution in [0, 0.1) is 0 Å². The van der Waals surface area contributed by atoms with Crippen molar-refractivity contribution in [2.24, 2.45) is 0 Å². The first kappa shape index (κ1) is 14.7. The number of carbonyl (C=O) groups is 2. The average Bonchev–Trinajstić information content (AvgIpc) is 2.98. The van der Waals surface area contributed by atoms with Crippen molar-refractivity contribution in [3.8, 4) is 0 Å². The SMILES string of the molecule is CN(C)S(=O)(=O)CCNC(=O)NC1(C(=O)O)CC1. The monoisotopic (exact) mass is 279 g/mol. The third-order valence-corrected chi connectivity index (χ3v) is 4.55. The molecular weight excluding hydrogens is 262 g/mol. The first-order valence-electron chi connectivity index (χ1n) is 5.39. The van der Waals surface area contributed by atoms with E-state index in [0.717, 1.165) is 4.31 Å². The molecule has 0 aromatic heterocycles. The Morgan fingerprint density at radius 1 is 1.33 bits per heavy atom. The second-order valence-corrected chi connectivity index (χ2v) is 6.67. The lowest BCUT2D eigenvalue weighted by Crippen LogP contribution is -2.49. The first-order chi connectivity index (χ1) is 8.19. The molecule has 0 unspecified atom stereocenters. The quantitative estimate of drug-likeness (QED) is 0.564. The lowest BCUT2D eigenvalue weighted by atomic mass is 10.3. The zero-order chi connectivity index (χ0) is 14.0. The molecule has 9 heteroatoms. The predicted molar refractivity (Wildman–Crippen MR) is 63.6 cm³/mol. The lowest BCUT2D eigenvalue weighted by molar-refractivity contribution is -0.140. The van der Waals surface area contributed by atoms with E-state index in [9.17, 15) is 18.0 Å². The van der Waals surface area contributed by atoms with E-state index in [-0.39, 0.29) is 12.3 Å². The van der Waals surface area contributed by atoms with Crippen LogP contribution in [-0.4, -0.2) is 61.8 Å². The molecule has 18 heavy (non-hydrogen) atoms. The van der Waals surface area contributed by atoms with Crippen LogP contribution in [0.3, 0.4) is 0 Å².